The fraction of sp³-hybridized carbons (Fsp3) is 0.457. The van der Waals surface area contributed by atoms with Crippen LogP contribution < -0.4 is 16.0 Å². The number of hydrogen-bond donors (Lipinski definition) is 4. The van der Waals surface area contributed by atoms with Crippen LogP contribution in [-0.2, 0) is 19.1 Å². The molecule has 3 amide bonds. The number of rotatable bonds is 7. The molecular weight excluding hydrogens is 598 g/mol. The van der Waals surface area contributed by atoms with Gasteiger partial charge in [-0.05, 0) is 80.1 Å². The molecule has 1 atom stereocenters. The Hall–Kier alpha value is -4.55. The van der Waals surface area contributed by atoms with Gasteiger partial charge in [-0.25, -0.2) is 4.79 Å². The Balaban J connectivity index is 1.03. The van der Waals surface area contributed by atoms with Crippen LogP contribution in [0.5, 0.6) is 0 Å². The number of benzene rings is 2. The minimum atomic E-state index is -0.684. The van der Waals surface area contributed by atoms with Gasteiger partial charge in [0.05, 0.1) is 12.0 Å². The highest BCUT2D eigenvalue weighted by Gasteiger charge is 2.51. The van der Waals surface area contributed by atoms with Crippen LogP contribution in [-0.4, -0.2) is 98.8 Å². The van der Waals surface area contributed by atoms with E-state index in [1.165, 1.54) is 7.05 Å². The van der Waals surface area contributed by atoms with Crippen molar-refractivity contribution in [3.05, 3.63) is 65.2 Å². The van der Waals surface area contributed by atoms with Gasteiger partial charge in [-0.1, -0.05) is 18.2 Å². The highest BCUT2D eigenvalue weighted by molar-refractivity contribution is 6.07. The zero-order valence-corrected chi connectivity index (χ0v) is 26.8. The Bertz CT molecular complexity index is 1600. The van der Waals surface area contributed by atoms with E-state index in [1.807, 2.05) is 34.1 Å². The van der Waals surface area contributed by atoms with Gasteiger partial charge in [0.15, 0.2) is 0 Å². The van der Waals surface area contributed by atoms with Crippen LogP contribution in [0.3, 0.4) is 0 Å². The van der Waals surface area contributed by atoms with Crippen molar-refractivity contribution in [3.63, 3.8) is 0 Å². The molecule has 0 saturated carbocycles. The van der Waals surface area contributed by atoms with Crippen LogP contribution in [0.1, 0.15) is 48.8 Å². The maximum Gasteiger partial charge on any atom is 0.413 e. The molecule has 248 valence electrons. The molecule has 4 aliphatic heterocycles. The monoisotopic (exact) mass is 641 g/mol. The second-order valence-corrected chi connectivity index (χ2v) is 12.9. The molecule has 2 aromatic rings. The van der Waals surface area contributed by atoms with E-state index in [0.717, 1.165) is 42.5 Å². The number of nitrogens with zero attached hydrogens (tertiary/aromatic N) is 3. The van der Waals surface area contributed by atoms with Crippen molar-refractivity contribution in [2.45, 2.75) is 32.1 Å². The molecule has 0 bridgehead atoms. The van der Waals surface area contributed by atoms with Crippen LogP contribution in [0.4, 0.5) is 16.2 Å². The van der Waals surface area contributed by atoms with E-state index in [9.17, 15) is 14.4 Å². The van der Waals surface area contributed by atoms with E-state index in [-0.39, 0.29) is 30.2 Å². The summed E-state index contributed by atoms with van der Waals surface area (Å²) in [4.78, 5) is 44.4. The first-order chi connectivity index (χ1) is 22.7. The van der Waals surface area contributed by atoms with Crippen LogP contribution >= 0.6 is 0 Å². The molecule has 47 heavy (non-hydrogen) atoms. The number of nitrogens with one attached hydrogen (secondary N) is 3. The summed E-state index contributed by atoms with van der Waals surface area (Å²) in [5.41, 5.74) is 11.0. The van der Waals surface area contributed by atoms with Gasteiger partial charge in [0.1, 0.15) is 0 Å². The van der Waals surface area contributed by atoms with Crippen LogP contribution in [0.2, 0.25) is 0 Å². The summed E-state index contributed by atoms with van der Waals surface area (Å²) in [6.07, 6.45) is 5.16. The molecule has 3 saturated heterocycles. The van der Waals surface area contributed by atoms with Crippen molar-refractivity contribution in [1.82, 2.24) is 15.1 Å². The van der Waals surface area contributed by atoms with E-state index in [4.69, 9.17) is 26.0 Å². The molecule has 12 heteroatoms. The summed E-state index contributed by atoms with van der Waals surface area (Å²) in [6, 6.07) is 12.9. The molecule has 0 unspecified atom stereocenters. The molecule has 6 rings (SSSR count). The third-order valence-corrected chi connectivity index (χ3v) is 10.1. The first-order valence-corrected chi connectivity index (χ1v) is 16.3. The summed E-state index contributed by atoms with van der Waals surface area (Å²) < 4.78 is 10.4. The summed E-state index contributed by atoms with van der Waals surface area (Å²) in [5, 5.41) is 19.1. The topological polar surface area (TPSA) is 165 Å². The predicted octanol–water partition coefficient (Wildman–Crippen LogP) is 3.49. The summed E-state index contributed by atoms with van der Waals surface area (Å²) in [7, 11) is 1.44. The van der Waals surface area contributed by atoms with E-state index >= 15 is 0 Å². The molecule has 4 heterocycles. The predicted molar refractivity (Wildman–Crippen MR) is 180 cm³/mol. The number of anilines is 2. The van der Waals surface area contributed by atoms with Crippen molar-refractivity contribution >= 4 is 46.5 Å². The highest BCUT2D eigenvalue weighted by Crippen LogP contribution is 2.43. The molecule has 3 fully saturated rings. The quantitative estimate of drug-likeness (QED) is 0.204. The molecule has 0 aliphatic carbocycles. The molecule has 0 aromatic heterocycles. The number of amides is 3. The maximum atomic E-state index is 13.9. The Morgan fingerprint density at radius 3 is 2.51 bits per heavy atom. The third kappa shape index (κ3) is 6.79. The van der Waals surface area contributed by atoms with Gasteiger partial charge >= 0.3 is 6.09 Å². The van der Waals surface area contributed by atoms with Crippen LogP contribution in [0.15, 0.2) is 48.5 Å². The Labute approximate surface area is 274 Å². The number of carbonyl (C=O) groups excluding carboxylic acids is 3. The number of ether oxygens (including phenoxy) is 2. The zero-order chi connectivity index (χ0) is 33.1. The summed E-state index contributed by atoms with van der Waals surface area (Å²) >= 11 is 0. The second-order valence-electron chi connectivity index (χ2n) is 12.9. The van der Waals surface area contributed by atoms with Crippen LogP contribution in [0, 0.1) is 22.2 Å². The van der Waals surface area contributed by atoms with Crippen molar-refractivity contribution in [3.8, 4) is 0 Å². The maximum absolute atomic E-state index is 13.9. The minimum absolute atomic E-state index is 0.0598. The number of nitrogen functional groups attached to an aromatic ring is 1. The largest absolute Gasteiger partial charge is 0.413 e. The second kappa shape index (κ2) is 13.7. The lowest BCUT2D eigenvalue weighted by molar-refractivity contribution is -0.132. The van der Waals surface area contributed by atoms with Crippen LogP contribution in [0.25, 0.3) is 5.57 Å². The third-order valence-electron chi connectivity index (χ3n) is 10.1. The van der Waals surface area contributed by atoms with Gasteiger partial charge in [0.25, 0.3) is 0 Å². The molecule has 1 spiro atoms. The molecular formula is C35H43N7O5. The van der Waals surface area contributed by atoms with Gasteiger partial charge in [-0.2, -0.15) is 0 Å². The molecule has 12 nitrogen and oxygen atoms in total. The molecule has 5 N–H and O–H groups in total. The van der Waals surface area contributed by atoms with Gasteiger partial charge in [-0.15, -0.1) is 0 Å². The van der Waals surface area contributed by atoms with Gasteiger partial charge < -0.3 is 35.7 Å². The van der Waals surface area contributed by atoms with E-state index in [2.05, 4.69) is 16.3 Å². The number of nitrogens with two attached hydrogens (primary N) is 1. The van der Waals surface area contributed by atoms with Gasteiger partial charge in [-0.3, -0.25) is 19.9 Å². The number of likely N-dealkylation sites (tertiary alicyclic amines) is 1. The fourth-order valence-electron chi connectivity index (χ4n) is 7.18. The average Bonchev–Trinajstić information content (AvgIpc) is 3.66. The summed E-state index contributed by atoms with van der Waals surface area (Å²) in [6.45, 7) is 4.58. The first-order valence-electron chi connectivity index (χ1n) is 16.3. The number of alkyl carbamates (subject to hydrolysis) is 1. The van der Waals surface area contributed by atoms with Crippen molar-refractivity contribution < 1.29 is 23.9 Å². The zero-order valence-electron chi connectivity index (χ0n) is 26.8. The van der Waals surface area contributed by atoms with E-state index in [1.54, 1.807) is 18.2 Å². The molecule has 4 aliphatic rings. The van der Waals surface area contributed by atoms with Crippen molar-refractivity contribution in [2.24, 2.45) is 11.3 Å². The minimum Gasteiger partial charge on any atom is -0.398 e. The van der Waals surface area contributed by atoms with Crippen molar-refractivity contribution in [2.75, 3.05) is 70.2 Å². The van der Waals surface area contributed by atoms with Crippen molar-refractivity contribution in [1.29, 1.82) is 10.8 Å². The van der Waals surface area contributed by atoms with E-state index < -0.39 is 11.5 Å². The molecule has 0 radical (unpaired) electrons. The van der Waals surface area contributed by atoms with Gasteiger partial charge in [0, 0.05) is 80.6 Å². The Kier molecular flexibility index (Phi) is 9.42. The van der Waals surface area contributed by atoms with E-state index in [0.29, 0.717) is 74.9 Å². The van der Waals surface area contributed by atoms with Gasteiger partial charge in [0.2, 0.25) is 17.7 Å². The SMILES string of the molecule is CNC(=O)OC(=N)c1ccc(C2=CCN(C(=O)CN3CC[C@]4(CCN(c5ccc(N)c(C(=N)C6CCOCC6)c5)C4=O)C3)CC2)cc1. The fourth-order valence-corrected chi connectivity index (χ4v) is 7.18. The first kappa shape index (κ1) is 32.4. The average molecular weight is 642 g/mol. The standard InChI is InChI=1S/C35H43N7O5/c1-39-34(45)47-32(38)26-4-2-23(3-5-26)24-8-14-41(15-9-24)30(43)21-40-16-12-35(22-40)13-17-42(33(35)44)27-6-7-29(36)28(20-27)31(37)25-10-18-46-19-11-25/h2-8,20,25,37-38H,9-19,21-22,36H2,1H3,(H,39,45)/t35-/m0/s1. The number of hydrogen-bond acceptors (Lipinski definition) is 9. The Morgan fingerprint density at radius 2 is 1.81 bits per heavy atom. The highest BCUT2D eigenvalue weighted by atomic mass is 16.6. The smallest absolute Gasteiger partial charge is 0.398 e. The Morgan fingerprint density at radius 1 is 1.06 bits per heavy atom. The lowest BCUT2D eigenvalue weighted by Gasteiger charge is -2.29. The lowest BCUT2D eigenvalue weighted by Crippen LogP contribution is -2.43. The molecule has 2 aromatic carbocycles. The lowest BCUT2D eigenvalue weighted by atomic mass is 9.85. The number of carbonyl (C=O) groups is 3. The summed E-state index contributed by atoms with van der Waals surface area (Å²) in [5.74, 6) is 0.0377. The normalized spacial score (nSPS) is 22.0.